The van der Waals surface area contributed by atoms with E-state index in [-0.39, 0.29) is 17.3 Å². The standard InChI is InChI=1S/C16H17N7S/c1-2-13-16(21-15(19)12(18)9-24)20-14(23-22-13)7-10-3-5-11(8-17)6-4-10/h3-6,18,24H,2,7,9H2,1H3,(H2,19,20,21,23). The minimum Gasteiger partial charge on any atom is -0.382 e. The number of benzene rings is 1. The highest BCUT2D eigenvalue weighted by molar-refractivity contribution is 7.81. The Morgan fingerprint density at radius 1 is 1.33 bits per heavy atom. The summed E-state index contributed by atoms with van der Waals surface area (Å²) >= 11 is 4.02. The van der Waals surface area contributed by atoms with E-state index in [0.717, 1.165) is 5.56 Å². The van der Waals surface area contributed by atoms with Crippen molar-refractivity contribution in [3.63, 3.8) is 0 Å². The third-order valence-electron chi connectivity index (χ3n) is 3.25. The second-order valence-corrected chi connectivity index (χ2v) is 5.29. The van der Waals surface area contributed by atoms with Gasteiger partial charge in [0.1, 0.15) is 11.5 Å². The van der Waals surface area contributed by atoms with Gasteiger partial charge in [0.25, 0.3) is 0 Å². The van der Waals surface area contributed by atoms with Gasteiger partial charge in [-0.2, -0.15) is 17.9 Å². The predicted molar refractivity (Wildman–Crippen MR) is 96.0 cm³/mol. The molecule has 24 heavy (non-hydrogen) atoms. The summed E-state index contributed by atoms with van der Waals surface area (Å²) in [6.45, 7) is 1.92. The second kappa shape index (κ2) is 8.17. The molecule has 0 amide bonds. The maximum Gasteiger partial charge on any atom is 0.179 e. The molecule has 122 valence electrons. The van der Waals surface area contributed by atoms with Crippen molar-refractivity contribution < 1.29 is 0 Å². The molecule has 0 aliphatic carbocycles. The number of nitriles is 1. The molecule has 0 unspecified atom stereocenters. The van der Waals surface area contributed by atoms with Gasteiger partial charge in [0, 0.05) is 12.2 Å². The van der Waals surface area contributed by atoms with Crippen molar-refractivity contribution in [2.75, 3.05) is 5.75 Å². The van der Waals surface area contributed by atoms with Gasteiger partial charge in [0.15, 0.2) is 11.6 Å². The topological polar surface area (TPSA) is 125 Å². The van der Waals surface area contributed by atoms with Crippen LogP contribution in [-0.2, 0) is 12.8 Å². The van der Waals surface area contributed by atoms with Crippen molar-refractivity contribution in [2.24, 2.45) is 10.7 Å². The second-order valence-electron chi connectivity index (χ2n) is 4.97. The molecule has 0 aliphatic rings. The monoisotopic (exact) mass is 339 g/mol. The fourth-order valence-electron chi connectivity index (χ4n) is 1.91. The molecule has 1 aromatic carbocycles. The highest BCUT2D eigenvalue weighted by Crippen LogP contribution is 2.16. The molecule has 7 nitrogen and oxygen atoms in total. The highest BCUT2D eigenvalue weighted by Gasteiger charge is 2.10. The number of aliphatic imine (C=N–C) groups is 1. The lowest BCUT2D eigenvalue weighted by atomic mass is 10.1. The van der Waals surface area contributed by atoms with Gasteiger partial charge in [-0.05, 0) is 24.1 Å². The van der Waals surface area contributed by atoms with Crippen LogP contribution in [0.1, 0.15) is 29.6 Å². The van der Waals surface area contributed by atoms with Crippen LogP contribution in [0.15, 0.2) is 29.3 Å². The number of nitrogens with zero attached hydrogens (tertiary/aromatic N) is 5. The van der Waals surface area contributed by atoms with E-state index in [1.54, 1.807) is 12.1 Å². The Balaban J connectivity index is 2.30. The Hall–Kier alpha value is -2.79. The van der Waals surface area contributed by atoms with E-state index in [9.17, 15) is 0 Å². The lowest BCUT2D eigenvalue weighted by Crippen LogP contribution is -2.24. The first-order valence-electron chi connectivity index (χ1n) is 7.31. The Kier molecular flexibility index (Phi) is 5.98. The van der Waals surface area contributed by atoms with Gasteiger partial charge in [-0.25, -0.2) is 9.98 Å². The molecule has 2 aromatic rings. The summed E-state index contributed by atoms with van der Waals surface area (Å²) in [6, 6.07) is 9.27. The fourth-order valence-corrected chi connectivity index (χ4v) is 2.07. The van der Waals surface area contributed by atoms with Gasteiger partial charge in [0.2, 0.25) is 0 Å². The van der Waals surface area contributed by atoms with Crippen LogP contribution in [0.2, 0.25) is 0 Å². The number of hydrogen-bond acceptors (Lipinski definition) is 7. The van der Waals surface area contributed by atoms with Crippen molar-refractivity contribution in [3.8, 4) is 6.07 Å². The van der Waals surface area contributed by atoms with Crippen LogP contribution >= 0.6 is 12.6 Å². The van der Waals surface area contributed by atoms with Crippen molar-refractivity contribution in [1.29, 1.82) is 10.7 Å². The first-order valence-corrected chi connectivity index (χ1v) is 7.95. The molecule has 1 aromatic heterocycles. The molecule has 0 saturated heterocycles. The van der Waals surface area contributed by atoms with Gasteiger partial charge in [0.05, 0.1) is 17.3 Å². The smallest absolute Gasteiger partial charge is 0.179 e. The van der Waals surface area contributed by atoms with E-state index in [4.69, 9.17) is 16.4 Å². The Morgan fingerprint density at radius 2 is 2.04 bits per heavy atom. The zero-order valence-electron chi connectivity index (χ0n) is 13.2. The zero-order chi connectivity index (χ0) is 17.5. The van der Waals surface area contributed by atoms with Crippen LogP contribution in [0, 0.1) is 16.7 Å². The van der Waals surface area contributed by atoms with Crippen molar-refractivity contribution >= 4 is 30.0 Å². The van der Waals surface area contributed by atoms with Gasteiger partial charge < -0.3 is 11.1 Å². The highest BCUT2D eigenvalue weighted by atomic mass is 32.1. The molecular formula is C16H17N7S. The summed E-state index contributed by atoms with van der Waals surface area (Å²) in [5, 5.41) is 24.8. The minimum atomic E-state index is 0.0736. The lowest BCUT2D eigenvalue weighted by Gasteiger charge is -2.06. The molecule has 0 atom stereocenters. The van der Waals surface area contributed by atoms with Gasteiger partial charge in [-0.3, -0.25) is 0 Å². The maximum absolute atomic E-state index is 8.83. The lowest BCUT2D eigenvalue weighted by molar-refractivity contribution is 0.815. The Morgan fingerprint density at radius 3 is 2.62 bits per heavy atom. The summed E-state index contributed by atoms with van der Waals surface area (Å²) in [5.41, 5.74) is 8.09. The largest absolute Gasteiger partial charge is 0.382 e. The van der Waals surface area contributed by atoms with E-state index in [2.05, 4.69) is 38.9 Å². The first-order chi connectivity index (χ1) is 11.6. The van der Waals surface area contributed by atoms with Gasteiger partial charge >= 0.3 is 0 Å². The van der Waals surface area contributed by atoms with Crippen molar-refractivity contribution in [2.45, 2.75) is 19.8 Å². The van der Waals surface area contributed by atoms with E-state index in [0.29, 0.717) is 35.7 Å². The Labute approximate surface area is 145 Å². The minimum absolute atomic E-state index is 0.0736. The van der Waals surface area contributed by atoms with Crippen LogP contribution in [0.5, 0.6) is 0 Å². The molecule has 0 radical (unpaired) electrons. The van der Waals surface area contributed by atoms with Crippen molar-refractivity contribution in [1.82, 2.24) is 15.2 Å². The average molecular weight is 339 g/mol. The summed E-state index contributed by atoms with van der Waals surface area (Å²) < 4.78 is 0. The zero-order valence-corrected chi connectivity index (χ0v) is 14.1. The molecular weight excluding hydrogens is 322 g/mol. The van der Waals surface area contributed by atoms with E-state index < -0.39 is 0 Å². The number of nitrogens with one attached hydrogen (secondary N) is 1. The summed E-state index contributed by atoms with van der Waals surface area (Å²) in [4.78, 5) is 8.60. The third kappa shape index (κ3) is 4.36. The molecule has 2 rings (SSSR count). The molecule has 0 saturated carbocycles. The Bertz CT molecular complexity index is 806. The maximum atomic E-state index is 8.83. The molecule has 3 N–H and O–H groups in total. The van der Waals surface area contributed by atoms with E-state index in [1.807, 2.05) is 19.1 Å². The molecule has 1 heterocycles. The summed E-state index contributed by atoms with van der Waals surface area (Å²) in [7, 11) is 0. The van der Waals surface area contributed by atoms with Crippen LogP contribution in [0.3, 0.4) is 0 Å². The number of hydrogen-bond donors (Lipinski definition) is 3. The van der Waals surface area contributed by atoms with Crippen LogP contribution in [0.4, 0.5) is 5.82 Å². The fraction of sp³-hybridized carbons (Fsp3) is 0.250. The number of rotatable bonds is 6. The van der Waals surface area contributed by atoms with Crippen molar-refractivity contribution in [3.05, 3.63) is 46.9 Å². The van der Waals surface area contributed by atoms with E-state index >= 15 is 0 Å². The quantitative estimate of drug-likeness (QED) is 0.421. The summed E-state index contributed by atoms with van der Waals surface area (Å²) in [6.07, 6.45) is 1.08. The molecule has 0 spiro atoms. The number of nitrogens with two attached hydrogens (primary N) is 1. The van der Waals surface area contributed by atoms with Gasteiger partial charge in [-0.15, -0.1) is 10.2 Å². The SMILES string of the molecule is CCc1nnc(Cc2ccc(C#N)cc2)nc1/N=C(\N)C(=N)CS. The molecule has 0 fully saturated rings. The molecule has 0 bridgehead atoms. The number of thiol groups is 1. The number of aromatic nitrogens is 3. The normalized spacial score (nSPS) is 11.1. The predicted octanol–water partition coefficient (Wildman–Crippen LogP) is 1.83. The third-order valence-corrected chi connectivity index (χ3v) is 3.57. The van der Waals surface area contributed by atoms with Crippen LogP contribution < -0.4 is 5.73 Å². The number of amidine groups is 1. The molecule has 8 heteroatoms. The number of aryl methyl sites for hydroxylation is 1. The molecule has 0 aliphatic heterocycles. The van der Waals surface area contributed by atoms with Crippen LogP contribution in [0.25, 0.3) is 0 Å². The van der Waals surface area contributed by atoms with Gasteiger partial charge in [-0.1, -0.05) is 19.1 Å². The van der Waals surface area contributed by atoms with E-state index in [1.165, 1.54) is 0 Å². The summed E-state index contributed by atoms with van der Waals surface area (Å²) in [5.74, 6) is 1.15. The van der Waals surface area contributed by atoms with Crippen LogP contribution in [-0.4, -0.2) is 32.5 Å². The average Bonchev–Trinajstić information content (AvgIpc) is 2.62. The first kappa shape index (κ1) is 17.6.